The molecule has 1 nitrogen and oxygen atoms in total. The number of hydrogen-bond donors (Lipinski definition) is 1. The molecule has 0 saturated heterocycles. The van der Waals surface area contributed by atoms with Crippen LogP contribution in [0.3, 0.4) is 0 Å². The highest BCUT2D eigenvalue weighted by Crippen LogP contribution is 2.33. The highest BCUT2D eigenvalue weighted by atomic mass is 14.9. The highest BCUT2D eigenvalue weighted by Gasteiger charge is 2.28. The molecule has 1 fully saturated rings. The molecule has 1 saturated carbocycles. The molecule has 0 bridgehead atoms. The predicted octanol–water partition coefficient (Wildman–Crippen LogP) is 2.98. The quantitative estimate of drug-likeness (QED) is 0.643. The molecule has 3 unspecified atom stereocenters. The summed E-state index contributed by atoms with van der Waals surface area (Å²) in [7, 11) is 0. The normalized spacial score (nSPS) is 30.3. The second kappa shape index (κ2) is 5.43. The average Bonchev–Trinajstić information content (AvgIpc) is 2.54. The lowest BCUT2D eigenvalue weighted by molar-refractivity contribution is 0.338. The van der Waals surface area contributed by atoms with Crippen molar-refractivity contribution >= 4 is 0 Å². The van der Waals surface area contributed by atoms with Crippen molar-refractivity contribution in [2.75, 3.05) is 6.54 Å². The molecule has 0 amide bonds. The van der Waals surface area contributed by atoms with Crippen LogP contribution >= 0.6 is 0 Å². The molecule has 0 aromatic heterocycles. The SMILES string of the molecule is C=CC(NCCC)C1CCCC1C. The van der Waals surface area contributed by atoms with E-state index >= 15 is 0 Å². The number of nitrogens with one attached hydrogen (secondary N) is 1. The van der Waals surface area contributed by atoms with Crippen LogP contribution in [0.4, 0.5) is 0 Å². The van der Waals surface area contributed by atoms with Gasteiger partial charge in [0.25, 0.3) is 0 Å². The standard InChI is InChI=1S/C12H23N/c1-4-9-13-12(5-2)11-8-6-7-10(11)3/h5,10-13H,2,4,6-9H2,1,3H3. The Morgan fingerprint density at radius 1 is 1.54 bits per heavy atom. The maximum absolute atomic E-state index is 3.93. The topological polar surface area (TPSA) is 12.0 Å². The molecule has 13 heavy (non-hydrogen) atoms. The second-order valence-corrected chi connectivity index (χ2v) is 4.29. The van der Waals surface area contributed by atoms with Crippen LogP contribution in [-0.2, 0) is 0 Å². The summed E-state index contributed by atoms with van der Waals surface area (Å²) in [5.74, 6) is 1.72. The van der Waals surface area contributed by atoms with E-state index in [0.717, 1.165) is 18.4 Å². The lowest BCUT2D eigenvalue weighted by Gasteiger charge is -2.25. The first-order valence-electron chi connectivity index (χ1n) is 5.65. The van der Waals surface area contributed by atoms with E-state index in [0.29, 0.717) is 6.04 Å². The molecule has 0 heterocycles. The van der Waals surface area contributed by atoms with Gasteiger partial charge < -0.3 is 5.32 Å². The van der Waals surface area contributed by atoms with Gasteiger partial charge in [-0.2, -0.15) is 0 Å². The van der Waals surface area contributed by atoms with Crippen molar-refractivity contribution in [1.82, 2.24) is 5.32 Å². The molecule has 1 aliphatic rings. The zero-order valence-corrected chi connectivity index (χ0v) is 9.05. The minimum Gasteiger partial charge on any atom is -0.310 e. The maximum atomic E-state index is 3.93. The summed E-state index contributed by atoms with van der Waals surface area (Å²) in [4.78, 5) is 0. The first-order chi connectivity index (χ1) is 6.29. The van der Waals surface area contributed by atoms with E-state index in [1.54, 1.807) is 0 Å². The maximum Gasteiger partial charge on any atom is 0.0278 e. The Labute approximate surface area is 82.6 Å². The van der Waals surface area contributed by atoms with Crippen molar-refractivity contribution in [2.24, 2.45) is 11.8 Å². The van der Waals surface area contributed by atoms with Crippen LogP contribution in [-0.4, -0.2) is 12.6 Å². The second-order valence-electron chi connectivity index (χ2n) is 4.29. The van der Waals surface area contributed by atoms with Crippen LogP contribution in [0.25, 0.3) is 0 Å². The third kappa shape index (κ3) is 2.84. The smallest absolute Gasteiger partial charge is 0.0278 e. The van der Waals surface area contributed by atoms with Crippen molar-refractivity contribution in [3.8, 4) is 0 Å². The van der Waals surface area contributed by atoms with Crippen LogP contribution < -0.4 is 5.32 Å². The Bertz CT molecular complexity index is 153. The predicted molar refractivity (Wildman–Crippen MR) is 58.8 cm³/mol. The Kier molecular flexibility index (Phi) is 4.51. The largest absolute Gasteiger partial charge is 0.310 e. The summed E-state index contributed by atoms with van der Waals surface area (Å²) >= 11 is 0. The molecule has 1 N–H and O–H groups in total. The van der Waals surface area contributed by atoms with Crippen LogP contribution in [0.15, 0.2) is 12.7 Å². The van der Waals surface area contributed by atoms with Crippen LogP contribution in [0, 0.1) is 11.8 Å². The van der Waals surface area contributed by atoms with Gasteiger partial charge in [0.1, 0.15) is 0 Å². The van der Waals surface area contributed by atoms with Crippen molar-refractivity contribution in [3.63, 3.8) is 0 Å². The molecule has 76 valence electrons. The first-order valence-corrected chi connectivity index (χ1v) is 5.65. The Morgan fingerprint density at radius 3 is 2.77 bits per heavy atom. The fourth-order valence-corrected chi connectivity index (χ4v) is 2.43. The van der Waals surface area contributed by atoms with E-state index in [9.17, 15) is 0 Å². The van der Waals surface area contributed by atoms with E-state index in [4.69, 9.17) is 0 Å². The number of hydrogen-bond acceptors (Lipinski definition) is 1. The minimum absolute atomic E-state index is 0.553. The molecule has 0 radical (unpaired) electrons. The van der Waals surface area contributed by atoms with Gasteiger partial charge in [0, 0.05) is 6.04 Å². The van der Waals surface area contributed by atoms with Crippen LogP contribution in [0.2, 0.25) is 0 Å². The third-order valence-corrected chi connectivity index (χ3v) is 3.27. The summed E-state index contributed by atoms with van der Waals surface area (Å²) in [5, 5.41) is 3.57. The molecular weight excluding hydrogens is 158 g/mol. The van der Waals surface area contributed by atoms with E-state index in [1.165, 1.54) is 25.7 Å². The highest BCUT2D eigenvalue weighted by molar-refractivity contribution is 4.95. The molecule has 1 rings (SSSR count). The van der Waals surface area contributed by atoms with Gasteiger partial charge in [-0.25, -0.2) is 0 Å². The van der Waals surface area contributed by atoms with Gasteiger partial charge in [-0.1, -0.05) is 32.8 Å². The van der Waals surface area contributed by atoms with E-state index < -0.39 is 0 Å². The van der Waals surface area contributed by atoms with Crippen LogP contribution in [0.5, 0.6) is 0 Å². The molecule has 3 atom stereocenters. The minimum atomic E-state index is 0.553. The summed E-state index contributed by atoms with van der Waals surface area (Å²) in [6.07, 6.45) is 7.51. The van der Waals surface area contributed by atoms with Gasteiger partial charge in [0.05, 0.1) is 0 Å². The summed E-state index contributed by atoms with van der Waals surface area (Å²) in [6, 6.07) is 0.553. The van der Waals surface area contributed by atoms with Gasteiger partial charge in [0.15, 0.2) is 0 Å². The summed E-state index contributed by atoms with van der Waals surface area (Å²) in [6.45, 7) is 9.65. The summed E-state index contributed by atoms with van der Waals surface area (Å²) in [5.41, 5.74) is 0. The van der Waals surface area contributed by atoms with Crippen LogP contribution in [0.1, 0.15) is 39.5 Å². The van der Waals surface area contributed by atoms with Crippen molar-refractivity contribution in [1.29, 1.82) is 0 Å². The average molecular weight is 181 g/mol. The zero-order chi connectivity index (χ0) is 9.68. The Hall–Kier alpha value is -0.300. The first kappa shape index (κ1) is 10.8. The molecule has 0 aromatic rings. The van der Waals surface area contributed by atoms with Crippen molar-refractivity contribution in [3.05, 3.63) is 12.7 Å². The van der Waals surface area contributed by atoms with E-state index in [1.807, 2.05) is 0 Å². The molecule has 0 aliphatic heterocycles. The van der Waals surface area contributed by atoms with E-state index in [-0.39, 0.29) is 0 Å². The summed E-state index contributed by atoms with van der Waals surface area (Å²) < 4.78 is 0. The van der Waals surface area contributed by atoms with Gasteiger partial charge in [-0.15, -0.1) is 6.58 Å². The molecule has 0 spiro atoms. The molecule has 1 heteroatoms. The Balaban J connectivity index is 2.40. The fourth-order valence-electron chi connectivity index (χ4n) is 2.43. The Morgan fingerprint density at radius 2 is 2.31 bits per heavy atom. The number of rotatable bonds is 5. The monoisotopic (exact) mass is 181 g/mol. The van der Waals surface area contributed by atoms with Gasteiger partial charge in [0.2, 0.25) is 0 Å². The third-order valence-electron chi connectivity index (χ3n) is 3.27. The molecule has 0 aromatic carbocycles. The van der Waals surface area contributed by atoms with Gasteiger partial charge in [-0.3, -0.25) is 0 Å². The van der Waals surface area contributed by atoms with Gasteiger partial charge in [-0.05, 0) is 31.2 Å². The molecule has 1 aliphatic carbocycles. The van der Waals surface area contributed by atoms with Crippen molar-refractivity contribution in [2.45, 2.75) is 45.6 Å². The zero-order valence-electron chi connectivity index (χ0n) is 9.05. The molecular formula is C12H23N. The van der Waals surface area contributed by atoms with E-state index in [2.05, 4.69) is 31.8 Å². The lowest BCUT2D eigenvalue weighted by Crippen LogP contribution is -2.36. The fraction of sp³-hybridized carbons (Fsp3) is 0.833. The van der Waals surface area contributed by atoms with Gasteiger partial charge >= 0.3 is 0 Å². The lowest BCUT2D eigenvalue weighted by atomic mass is 9.90. The van der Waals surface area contributed by atoms with Crippen molar-refractivity contribution < 1.29 is 0 Å².